The Balaban J connectivity index is 1.30. The van der Waals surface area contributed by atoms with Crippen LogP contribution < -0.4 is 19.5 Å². The lowest BCUT2D eigenvalue weighted by Gasteiger charge is -2.09. The molecule has 5 rings (SSSR count). The van der Waals surface area contributed by atoms with Crippen molar-refractivity contribution in [2.24, 2.45) is 5.92 Å². The van der Waals surface area contributed by atoms with Crippen LogP contribution >= 0.6 is 0 Å². The van der Waals surface area contributed by atoms with Crippen molar-refractivity contribution in [2.75, 3.05) is 25.3 Å². The molecule has 0 saturated heterocycles. The first-order chi connectivity index (χ1) is 18.0. The third kappa shape index (κ3) is 6.07. The van der Waals surface area contributed by atoms with Gasteiger partial charge >= 0.3 is 6.01 Å². The minimum absolute atomic E-state index is 0.0372. The second-order valence-corrected chi connectivity index (χ2v) is 8.98. The highest BCUT2D eigenvalue weighted by Crippen LogP contribution is 2.36. The van der Waals surface area contributed by atoms with Crippen molar-refractivity contribution in [2.45, 2.75) is 20.5 Å². The van der Waals surface area contributed by atoms with E-state index in [1.807, 2.05) is 72.8 Å². The van der Waals surface area contributed by atoms with Crippen LogP contribution in [0, 0.1) is 5.92 Å². The van der Waals surface area contributed by atoms with E-state index in [2.05, 4.69) is 29.2 Å². The number of ether oxygens (including phenoxy) is 4. The number of carbonyl (C=O) groups excluding carboxylic acids is 1. The molecule has 190 valence electrons. The second kappa shape index (κ2) is 11.1. The first kappa shape index (κ1) is 24.3. The first-order valence-corrected chi connectivity index (χ1v) is 12.1. The van der Waals surface area contributed by atoms with Gasteiger partial charge in [-0.3, -0.25) is 4.79 Å². The van der Waals surface area contributed by atoms with Gasteiger partial charge in [-0.1, -0.05) is 44.2 Å². The zero-order valence-electron chi connectivity index (χ0n) is 20.7. The van der Waals surface area contributed by atoms with Gasteiger partial charge in [-0.05, 0) is 53.9 Å². The van der Waals surface area contributed by atoms with E-state index in [1.165, 1.54) is 0 Å². The number of nitrogens with zero attached hydrogens (tertiary/aromatic N) is 3. The van der Waals surface area contributed by atoms with Gasteiger partial charge in [0, 0.05) is 11.3 Å². The summed E-state index contributed by atoms with van der Waals surface area (Å²) in [6, 6.07) is 23.0. The Morgan fingerprint density at radius 1 is 1.03 bits per heavy atom. The van der Waals surface area contributed by atoms with Crippen molar-refractivity contribution < 1.29 is 23.7 Å². The quantitative estimate of drug-likeness (QED) is 0.332. The molecule has 1 aliphatic heterocycles. The molecule has 9 nitrogen and oxygen atoms in total. The molecule has 3 aromatic carbocycles. The molecule has 0 radical (unpaired) electrons. The summed E-state index contributed by atoms with van der Waals surface area (Å²) in [4.78, 5) is 16.9. The van der Waals surface area contributed by atoms with Crippen molar-refractivity contribution in [3.63, 3.8) is 0 Å². The number of anilines is 1. The van der Waals surface area contributed by atoms with Crippen molar-refractivity contribution in [3.05, 3.63) is 78.4 Å². The van der Waals surface area contributed by atoms with Crippen LogP contribution in [0.25, 0.3) is 17.1 Å². The average molecular weight is 501 g/mol. The summed E-state index contributed by atoms with van der Waals surface area (Å²) in [6.07, 6.45) is 0. The molecule has 0 atom stereocenters. The highest BCUT2D eigenvalue weighted by Gasteiger charge is 2.19. The minimum atomic E-state index is -0.227. The normalized spacial score (nSPS) is 12.1. The van der Waals surface area contributed by atoms with Gasteiger partial charge in [0.15, 0.2) is 17.3 Å². The van der Waals surface area contributed by atoms with Gasteiger partial charge in [0.1, 0.15) is 6.61 Å². The molecule has 1 aromatic heterocycles. The number of aromatic nitrogens is 3. The van der Waals surface area contributed by atoms with Gasteiger partial charge in [-0.15, -0.1) is 5.10 Å². The highest BCUT2D eigenvalue weighted by molar-refractivity contribution is 5.91. The Hall–Kier alpha value is -4.37. The van der Waals surface area contributed by atoms with E-state index in [-0.39, 0.29) is 25.3 Å². The molecule has 0 fully saturated rings. The predicted molar refractivity (Wildman–Crippen MR) is 138 cm³/mol. The zero-order valence-corrected chi connectivity index (χ0v) is 20.7. The average Bonchev–Trinajstić information content (AvgIpc) is 3.55. The summed E-state index contributed by atoms with van der Waals surface area (Å²) in [5.41, 5.74) is 3.24. The molecule has 0 saturated carbocycles. The van der Waals surface area contributed by atoms with Crippen LogP contribution in [-0.4, -0.2) is 40.7 Å². The lowest BCUT2D eigenvalue weighted by molar-refractivity contribution is -0.121. The van der Waals surface area contributed by atoms with Gasteiger partial charge in [0.2, 0.25) is 12.7 Å². The standard InChI is InChI=1S/C28H28N4O5/c1-19(2)15-35-28-30-27(21-8-13-24-25(14-21)37-18-36-24)32(31-28)23-11-9-22(10-12-23)29-26(33)17-34-16-20-6-4-3-5-7-20/h3-14,19H,15-18H2,1-2H3,(H,29,33). The molecule has 0 unspecified atom stereocenters. The van der Waals surface area contributed by atoms with Crippen molar-refractivity contribution >= 4 is 11.6 Å². The molecule has 1 aliphatic rings. The van der Waals surface area contributed by atoms with E-state index in [1.54, 1.807) is 4.68 Å². The molecular formula is C28H28N4O5. The summed E-state index contributed by atoms with van der Waals surface area (Å²) >= 11 is 0. The number of hydrogen-bond acceptors (Lipinski definition) is 7. The molecule has 2 heterocycles. The largest absolute Gasteiger partial charge is 0.462 e. The van der Waals surface area contributed by atoms with Crippen LogP contribution in [0.3, 0.4) is 0 Å². The van der Waals surface area contributed by atoms with E-state index >= 15 is 0 Å². The third-order valence-corrected chi connectivity index (χ3v) is 5.50. The molecule has 4 aromatic rings. The molecule has 1 N–H and O–H groups in total. The third-order valence-electron chi connectivity index (χ3n) is 5.50. The molecule has 37 heavy (non-hydrogen) atoms. The number of amides is 1. The van der Waals surface area contributed by atoms with E-state index in [4.69, 9.17) is 18.9 Å². The van der Waals surface area contributed by atoms with Crippen molar-refractivity contribution in [1.29, 1.82) is 0 Å². The fourth-order valence-electron chi connectivity index (χ4n) is 3.72. The second-order valence-electron chi connectivity index (χ2n) is 8.98. The van der Waals surface area contributed by atoms with Gasteiger partial charge < -0.3 is 24.3 Å². The van der Waals surface area contributed by atoms with Gasteiger partial charge in [-0.25, -0.2) is 4.68 Å². The van der Waals surface area contributed by atoms with E-state index in [0.717, 1.165) is 16.8 Å². The number of nitrogens with one attached hydrogen (secondary N) is 1. The lowest BCUT2D eigenvalue weighted by Crippen LogP contribution is -2.18. The predicted octanol–water partition coefficient (Wildman–Crippen LogP) is 4.85. The highest BCUT2D eigenvalue weighted by atomic mass is 16.7. The summed E-state index contributed by atoms with van der Waals surface area (Å²) in [5.74, 6) is 2.06. The number of rotatable bonds is 10. The number of fused-ring (bicyclic) bond motifs is 1. The van der Waals surface area contributed by atoms with E-state index < -0.39 is 0 Å². The first-order valence-electron chi connectivity index (χ1n) is 12.1. The lowest BCUT2D eigenvalue weighted by atomic mass is 10.2. The van der Waals surface area contributed by atoms with Crippen LogP contribution in [0.4, 0.5) is 5.69 Å². The molecule has 0 aliphatic carbocycles. The zero-order chi connectivity index (χ0) is 25.6. The van der Waals surface area contributed by atoms with Crippen molar-refractivity contribution in [1.82, 2.24) is 14.8 Å². The van der Waals surface area contributed by atoms with Crippen LogP contribution in [-0.2, 0) is 16.1 Å². The maximum atomic E-state index is 12.3. The van der Waals surface area contributed by atoms with E-state index in [0.29, 0.717) is 42.1 Å². The van der Waals surface area contributed by atoms with Gasteiger partial charge in [0.25, 0.3) is 0 Å². The van der Waals surface area contributed by atoms with Gasteiger partial charge in [0.05, 0.1) is 18.9 Å². The number of carbonyl (C=O) groups is 1. The maximum Gasteiger partial charge on any atom is 0.336 e. The Bertz CT molecular complexity index is 1350. The molecule has 9 heteroatoms. The van der Waals surface area contributed by atoms with Crippen LogP contribution in [0.2, 0.25) is 0 Å². The van der Waals surface area contributed by atoms with Gasteiger partial charge in [-0.2, -0.15) is 4.98 Å². The Morgan fingerprint density at radius 2 is 1.81 bits per heavy atom. The fraction of sp³-hybridized carbons (Fsp3) is 0.250. The smallest absolute Gasteiger partial charge is 0.336 e. The molecule has 0 bridgehead atoms. The number of benzene rings is 3. The molecule has 0 spiro atoms. The topological polar surface area (TPSA) is 96.7 Å². The fourth-order valence-corrected chi connectivity index (χ4v) is 3.72. The summed E-state index contributed by atoms with van der Waals surface area (Å²) < 4.78 is 24.0. The summed E-state index contributed by atoms with van der Waals surface area (Å²) in [5, 5.41) is 7.44. The SMILES string of the molecule is CC(C)COc1nc(-c2ccc3c(c2)OCO3)n(-c2ccc(NC(=O)COCc3ccccc3)cc2)n1. The van der Waals surface area contributed by atoms with Crippen LogP contribution in [0.1, 0.15) is 19.4 Å². The minimum Gasteiger partial charge on any atom is -0.462 e. The summed E-state index contributed by atoms with van der Waals surface area (Å²) in [6.45, 7) is 5.17. The van der Waals surface area contributed by atoms with E-state index in [9.17, 15) is 4.79 Å². The Labute approximate surface area is 215 Å². The van der Waals surface area contributed by atoms with Crippen LogP contribution in [0.5, 0.6) is 17.5 Å². The maximum absolute atomic E-state index is 12.3. The Kier molecular flexibility index (Phi) is 7.32. The monoisotopic (exact) mass is 500 g/mol. The van der Waals surface area contributed by atoms with Crippen LogP contribution in [0.15, 0.2) is 72.8 Å². The van der Waals surface area contributed by atoms with Crippen molar-refractivity contribution in [3.8, 4) is 34.6 Å². The molecule has 1 amide bonds. The molecular weight excluding hydrogens is 472 g/mol. The number of hydrogen-bond donors (Lipinski definition) is 1. The Morgan fingerprint density at radius 3 is 2.59 bits per heavy atom. The summed E-state index contributed by atoms with van der Waals surface area (Å²) in [7, 11) is 0.